The van der Waals surface area contributed by atoms with Crippen LogP contribution in [0.1, 0.15) is 25.7 Å². The molecule has 3 rings (SSSR count). The first-order chi connectivity index (χ1) is 11.6. The van der Waals surface area contributed by atoms with E-state index in [2.05, 4.69) is 4.98 Å². The third kappa shape index (κ3) is 2.63. The van der Waals surface area contributed by atoms with Crippen LogP contribution in [0, 0.1) is 5.82 Å². The van der Waals surface area contributed by atoms with E-state index in [-0.39, 0.29) is 28.2 Å². The van der Waals surface area contributed by atoms with Crippen molar-refractivity contribution in [3.63, 3.8) is 0 Å². The fourth-order valence-corrected chi connectivity index (χ4v) is 3.06. The van der Waals surface area contributed by atoms with Gasteiger partial charge in [-0.15, -0.1) is 11.3 Å². The van der Waals surface area contributed by atoms with Crippen LogP contribution in [0.4, 0.5) is 4.39 Å². The molecule has 7 heteroatoms. The summed E-state index contributed by atoms with van der Waals surface area (Å²) < 4.78 is 23.7. The van der Waals surface area contributed by atoms with E-state index in [4.69, 9.17) is 9.47 Å². The van der Waals surface area contributed by atoms with E-state index in [1.165, 1.54) is 37.7 Å². The Labute approximate surface area is 140 Å². The van der Waals surface area contributed by atoms with Crippen molar-refractivity contribution in [3.8, 4) is 5.75 Å². The average Bonchev–Trinajstić information content (AvgIpc) is 3.13. The van der Waals surface area contributed by atoms with Crippen LogP contribution >= 0.6 is 11.3 Å². The molecular weight excluding hydrogens is 333 g/mol. The summed E-state index contributed by atoms with van der Waals surface area (Å²) in [5, 5.41) is 1.98. The summed E-state index contributed by atoms with van der Waals surface area (Å²) in [6.07, 6.45) is 0. The molecule has 2 heterocycles. The van der Waals surface area contributed by atoms with Crippen LogP contribution in [0.2, 0.25) is 0 Å². The molecule has 0 radical (unpaired) electrons. The molecule has 0 aliphatic heterocycles. The van der Waals surface area contributed by atoms with Gasteiger partial charge in [-0.3, -0.25) is 4.79 Å². The molecule has 0 fully saturated rings. The van der Waals surface area contributed by atoms with Crippen LogP contribution in [0.15, 0.2) is 35.7 Å². The molecule has 24 heavy (non-hydrogen) atoms. The fraction of sp³-hybridized carbons (Fsp3) is 0.118. The molecule has 3 aromatic rings. The minimum absolute atomic E-state index is 0.0144. The average molecular weight is 345 g/mol. The van der Waals surface area contributed by atoms with E-state index >= 15 is 0 Å². The molecule has 2 aromatic heterocycles. The number of rotatable bonds is 4. The number of ether oxygens (including phenoxy) is 2. The molecule has 0 amide bonds. The third-order valence-electron chi connectivity index (χ3n) is 3.46. The maximum absolute atomic E-state index is 13.6. The zero-order valence-electron chi connectivity index (χ0n) is 12.8. The summed E-state index contributed by atoms with van der Waals surface area (Å²) in [5.74, 6) is -1.67. The highest BCUT2D eigenvalue weighted by Gasteiger charge is 2.27. The van der Waals surface area contributed by atoms with Crippen LogP contribution in [0.5, 0.6) is 5.75 Å². The standard InChI is InChI=1S/C17H12FNO4S/c1-22-16-13(17(21)23-2)10-8-9(18)5-6-11(10)19-14(16)15(20)12-4-3-7-24-12/h3-8H,1-2H3. The predicted molar refractivity (Wildman–Crippen MR) is 87.3 cm³/mol. The molecule has 0 bridgehead atoms. The lowest BCUT2D eigenvalue weighted by molar-refractivity contribution is 0.0599. The van der Waals surface area contributed by atoms with Crippen LogP contribution < -0.4 is 4.74 Å². The Balaban J connectivity index is 2.36. The van der Waals surface area contributed by atoms with Gasteiger partial charge in [-0.2, -0.15) is 0 Å². The number of halogens is 1. The number of benzene rings is 1. The molecule has 0 N–H and O–H groups in total. The van der Waals surface area contributed by atoms with Gasteiger partial charge in [-0.1, -0.05) is 6.07 Å². The summed E-state index contributed by atoms with van der Waals surface area (Å²) in [5.41, 5.74) is 0.265. The van der Waals surface area contributed by atoms with Crippen LogP contribution in [-0.2, 0) is 4.74 Å². The van der Waals surface area contributed by atoms with E-state index in [1.54, 1.807) is 17.5 Å². The van der Waals surface area contributed by atoms with Crippen molar-refractivity contribution in [1.29, 1.82) is 0 Å². The maximum Gasteiger partial charge on any atom is 0.342 e. The predicted octanol–water partition coefficient (Wildman–Crippen LogP) is 3.46. The van der Waals surface area contributed by atoms with Crippen LogP contribution in [0.3, 0.4) is 0 Å². The highest BCUT2D eigenvalue weighted by Crippen LogP contribution is 2.33. The number of aromatic nitrogens is 1. The second-order valence-electron chi connectivity index (χ2n) is 4.83. The fourth-order valence-electron chi connectivity index (χ4n) is 2.40. The number of carbonyl (C=O) groups is 2. The molecule has 0 atom stereocenters. The summed E-state index contributed by atoms with van der Waals surface area (Å²) in [6, 6.07) is 7.17. The van der Waals surface area contributed by atoms with Crippen molar-refractivity contribution in [3.05, 3.63) is 57.7 Å². The van der Waals surface area contributed by atoms with Gasteiger partial charge in [0.15, 0.2) is 11.4 Å². The van der Waals surface area contributed by atoms with Crippen molar-refractivity contribution in [1.82, 2.24) is 4.98 Å². The number of ketones is 1. The summed E-state index contributed by atoms with van der Waals surface area (Å²) in [7, 11) is 2.52. The van der Waals surface area contributed by atoms with Crippen molar-refractivity contribution < 1.29 is 23.5 Å². The minimum atomic E-state index is -0.731. The van der Waals surface area contributed by atoms with Crippen LogP contribution in [-0.4, -0.2) is 31.0 Å². The molecule has 0 unspecified atom stereocenters. The second-order valence-corrected chi connectivity index (χ2v) is 5.78. The van der Waals surface area contributed by atoms with E-state index in [9.17, 15) is 14.0 Å². The molecule has 0 spiro atoms. The topological polar surface area (TPSA) is 65.5 Å². The number of fused-ring (bicyclic) bond motifs is 1. The van der Waals surface area contributed by atoms with Gasteiger partial charge >= 0.3 is 5.97 Å². The van der Waals surface area contributed by atoms with E-state index < -0.39 is 11.8 Å². The van der Waals surface area contributed by atoms with Gasteiger partial charge in [0.25, 0.3) is 0 Å². The molecule has 0 saturated heterocycles. The number of methoxy groups -OCH3 is 2. The SMILES string of the molecule is COC(=O)c1c(OC)c(C(=O)c2cccs2)nc2ccc(F)cc12. The van der Waals surface area contributed by atoms with E-state index in [0.29, 0.717) is 10.4 Å². The summed E-state index contributed by atoms with van der Waals surface area (Å²) >= 11 is 1.25. The van der Waals surface area contributed by atoms with Crippen LogP contribution in [0.25, 0.3) is 10.9 Å². The monoisotopic (exact) mass is 345 g/mol. The lowest BCUT2D eigenvalue weighted by Gasteiger charge is -2.13. The normalized spacial score (nSPS) is 10.6. The van der Waals surface area contributed by atoms with Crippen molar-refractivity contribution in [2.45, 2.75) is 0 Å². The molecule has 0 aliphatic carbocycles. The van der Waals surface area contributed by atoms with Gasteiger partial charge in [0, 0.05) is 5.39 Å². The van der Waals surface area contributed by atoms with Crippen molar-refractivity contribution >= 4 is 34.0 Å². The largest absolute Gasteiger partial charge is 0.493 e. The first-order valence-corrected chi connectivity index (χ1v) is 7.78. The first-order valence-electron chi connectivity index (χ1n) is 6.90. The van der Waals surface area contributed by atoms with Gasteiger partial charge in [-0.05, 0) is 29.6 Å². The number of carbonyl (C=O) groups excluding carboxylic acids is 2. The van der Waals surface area contributed by atoms with Crippen molar-refractivity contribution in [2.24, 2.45) is 0 Å². The van der Waals surface area contributed by atoms with Crippen molar-refractivity contribution in [2.75, 3.05) is 14.2 Å². The van der Waals surface area contributed by atoms with Gasteiger partial charge in [0.2, 0.25) is 5.78 Å². The Bertz CT molecular complexity index is 937. The third-order valence-corrected chi connectivity index (χ3v) is 4.32. The Morgan fingerprint density at radius 2 is 2.00 bits per heavy atom. The van der Waals surface area contributed by atoms with Gasteiger partial charge in [0.1, 0.15) is 11.4 Å². The molecule has 0 aliphatic rings. The highest BCUT2D eigenvalue weighted by molar-refractivity contribution is 7.12. The number of hydrogen-bond acceptors (Lipinski definition) is 6. The number of hydrogen-bond donors (Lipinski definition) is 0. The van der Waals surface area contributed by atoms with E-state index in [1.807, 2.05) is 0 Å². The number of thiophene rings is 1. The zero-order chi connectivity index (χ0) is 17.3. The Hall–Kier alpha value is -2.80. The number of pyridine rings is 1. The Morgan fingerprint density at radius 3 is 2.62 bits per heavy atom. The zero-order valence-corrected chi connectivity index (χ0v) is 13.6. The quantitative estimate of drug-likeness (QED) is 0.535. The minimum Gasteiger partial charge on any atom is -0.493 e. The highest BCUT2D eigenvalue weighted by atomic mass is 32.1. The number of esters is 1. The first kappa shape index (κ1) is 16.1. The molecule has 0 saturated carbocycles. The summed E-state index contributed by atoms with van der Waals surface area (Å²) in [4.78, 5) is 29.7. The molecular formula is C17H12FNO4S. The molecule has 122 valence electrons. The summed E-state index contributed by atoms with van der Waals surface area (Å²) in [6.45, 7) is 0. The lowest BCUT2D eigenvalue weighted by atomic mass is 10.0. The Morgan fingerprint density at radius 1 is 1.21 bits per heavy atom. The van der Waals surface area contributed by atoms with Gasteiger partial charge < -0.3 is 9.47 Å². The molecule has 5 nitrogen and oxygen atoms in total. The van der Waals surface area contributed by atoms with Gasteiger partial charge in [0.05, 0.1) is 24.6 Å². The van der Waals surface area contributed by atoms with Gasteiger partial charge in [-0.25, -0.2) is 14.2 Å². The number of nitrogens with zero attached hydrogens (tertiary/aromatic N) is 1. The second kappa shape index (κ2) is 6.37. The Kier molecular flexibility index (Phi) is 4.26. The van der Waals surface area contributed by atoms with E-state index in [0.717, 1.165) is 6.07 Å². The maximum atomic E-state index is 13.6. The smallest absolute Gasteiger partial charge is 0.342 e. The lowest BCUT2D eigenvalue weighted by Crippen LogP contribution is -2.12. The molecule has 1 aromatic carbocycles.